The van der Waals surface area contributed by atoms with E-state index in [2.05, 4.69) is 25.8 Å². The summed E-state index contributed by atoms with van der Waals surface area (Å²) in [6.07, 6.45) is -0.758. The summed E-state index contributed by atoms with van der Waals surface area (Å²) in [7, 11) is 0. The Labute approximate surface area is 118 Å². The van der Waals surface area contributed by atoms with Crippen LogP contribution in [0.2, 0.25) is 0 Å². The van der Waals surface area contributed by atoms with Gasteiger partial charge < -0.3 is 10.6 Å². The van der Waals surface area contributed by atoms with Crippen LogP contribution in [0.4, 0.5) is 30.6 Å². The summed E-state index contributed by atoms with van der Waals surface area (Å²) in [6, 6.07) is 5.12. The Morgan fingerprint density at radius 3 is 2.43 bits per heavy atom. The molecular weight excluding hydrogens is 283 g/mol. The van der Waals surface area contributed by atoms with Crippen LogP contribution in [0.15, 0.2) is 30.5 Å². The molecule has 0 aliphatic heterocycles. The molecule has 1 aliphatic rings. The third-order valence-corrected chi connectivity index (χ3v) is 2.95. The third-order valence-electron chi connectivity index (χ3n) is 2.95. The third kappa shape index (κ3) is 3.59. The van der Waals surface area contributed by atoms with Gasteiger partial charge in [-0.3, -0.25) is 0 Å². The molecule has 0 atom stereocenters. The second kappa shape index (κ2) is 5.19. The zero-order valence-corrected chi connectivity index (χ0v) is 10.9. The normalized spacial score (nSPS) is 14.8. The van der Waals surface area contributed by atoms with Gasteiger partial charge in [0, 0.05) is 11.7 Å². The molecule has 5 nitrogen and oxygen atoms in total. The maximum Gasteiger partial charge on any atom is 0.416 e. The molecule has 0 spiro atoms. The molecule has 1 aromatic carbocycles. The van der Waals surface area contributed by atoms with Crippen LogP contribution < -0.4 is 10.6 Å². The fourth-order valence-corrected chi connectivity index (χ4v) is 1.73. The molecule has 1 heterocycles. The summed E-state index contributed by atoms with van der Waals surface area (Å²) in [6.45, 7) is 0. The monoisotopic (exact) mass is 295 g/mol. The van der Waals surface area contributed by atoms with Crippen molar-refractivity contribution in [2.75, 3.05) is 10.6 Å². The number of hydrogen-bond acceptors (Lipinski definition) is 5. The summed E-state index contributed by atoms with van der Waals surface area (Å²) in [5.41, 5.74) is -0.189. The second-order valence-corrected chi connectivity index (χ2v) is 4.78. The van der Waals surface area contributed by atoms with Crippen molar-refractivity contribution in [3.63, 3.8) is 0 Å². The maximum atomic E-state index is 12.5. The van der Waals surface area contributed by atoms with Crippen LogP contribution in [-0.2, 0) is 6.18 Å². The summed E-state index contributed by atoms with van der Waals surface area (Å²) in [5.74, 6) is 0.835. The Kier molecular flexibility index (Phi) is 3.36. The summed E-state index contributed by atoms with van der Waals surface area (Å²) in [5, 5.41) is 13.6. The van der Waals surface area contributed by atoms with Gasteiger partial charge in [0.2, 0.25) is 5.95 Å². The van der Waals surface area contributed by atoms with Gasteiger partial charge in [0.05, 0.1) is 11.8 Å². The van der Waals surface area contributed by atoms with E-state index < -0.39 is 11.7 Å². The van der Waals surface area contributed by atoms with E-state index >= 15 is 0 Å². The van der Waals surface area contributed by atoms with Gasteiger partial charge in [0.25, 0.3) is 0 Å². The Bertz CT molecular complexity index is 622. The molecule has 1 saturated carbocycles. The van der Waals surface area contributed by atoms with Crippen molar-refractivity contribution >= 4 is 17.5 Å². The number of halogens is 3. The molecule has 8 heteroatoms. The van der Waals surface area contributed by atoms with Gasteiger partial charge in [-0.1, -0.05) is 0 Å². The molecule has 0 bridgehead atoms. The Morgan fingerprint density at radius 2 is 1.81 bits per heavy atom. The van der Waals surface area contributed by atoms with Gasteiger partial charge in [-0.15, -0.1) is 5.10 Å². The molecule has 0 unspecified atom stereocenters. The van der Waals surface area contributed by atoms with Crippen molar-refractivity contribution in [1.82, 2.24) is 15.2 Å². The Hall–Kier alpha value is -2.38. The molecule has 1 fully saturated rings. The highest BCUT2D eigenvalue weighted by atomic mass is 19.4. The lowest BCUT2D eigenvalue weighted by Crippen LogP contribution is -2.08. The first kappa shape index (κ1) is 13.6. The van der Waals surface area contributed by atoms with Gasteiger partial charge in [0.15, 0.2) is 5.82 Å². The minimum absolute atomic E-state index is 0.396. The number of anilines is 3. The van der Waals surface area contributed by atoms with Gasteiger partial charge in [-0.25, -0.2) is 0 Å². The number of hydrogen-bond donors (Lipinski definition) is 2. The Balaban J connectivity index is 1.70. The fraction of sp³-hybridized carbons (Fsp3) is 0.308. The van der Waals surface area contributed by atoms with E-state index in [1.54, 1.807) is 0 Å². The standard InChI is InChI=1S/C13H12F3N5/c14-13(15,16)8-1-3-9(4-2-8)18-11-7-17-21-12(20-11)19-10-5-6-10/h1-4,7,10H,5-6H2,(H2,18,19,20,21). The van der Waals surface area contributed by atoms with E-state index in [9.17, 15) is 13.2 Å². The first-order valence-corrected chi connectivity index (χ1v) is 6.41. The van der Waals surface area contributed by atoms with Crippen LogP contribution in [-0.4, -0.2) is 21.2 Å². The predicted molar refractivity (Wildman–Crippen MR) is 71.2 cm³/mol. The lowest BCUT2D eigenvalue weighted by molar-refractivity contribution is -0.137. The van der Waals surface area contributed by atoms with Crippen LogP contribution in [0, 0.1) is 0 Å². The fourth-order valence-electron chi connectivity index (χ4n) is 1.73. The van der Waals surface area contributed by atoms with Crippen molar-refractivity contribution < 1.29 is 13.2 Å². The topological polar surface area (TPSA) is 62.7 Å². The van der Waals surface area contributed by atoms with E-state index in [0.29, 0.717) is 23.5 Å². The molecule has 1 aliphatic carbocycles. The van der Waals surface area contributed by atoms with Gasteiger partial charge >= 0.3 is 6.18 Å². The van der Waals surface area contributed by atoms with E-state index in [0.717, 1.165) is 25.0 Å². The van der Waals surface area contributed by atoms with E-state index in [4.69, 9.17) is 0 Å². The summed E-state index contributed by atoms with van der Waals surface area (Å²) in [4.78, 5) is 4.20. The van der Waals surface area contributed by atoms with Crippen molar-refractivity contribution in [3.05, 3.63) is 36.0 Å². The number of nitrogens with zero attached hydrogens (tertiary/aromatic N) is 3. The van der Waals surface area contributed by atoms with Crippen LogP contribution in [0.25, 0.3) is 0 Å². The number of benzene rings is 1. The minimum atomic E-state index is -4.34. The number of alkyl halides is 3. The maximum absolute atomic E-state index is 12.5. The largest absolute Gasteiger partial charge is 0.416 e. The van der Waals surface area contributed by atoms with Gasteiger partial charge in [-0.2, -0.15) is 23.3 Å². The number of aromatic nitrogens is 3. The van der Waals surface area contributed by atoms with Crippen molar-refractivity contribution in [1.29, 1.82) is 0 Å². The molecular formula is C13H12F3N5. The van der Waals surface area contributed by atoms with E-state index in [-0.39, 0.29) is 0 Å². The molecule has 0 amide bonds. The van der Waals surface area contributed by atoms with Gasteiger partial charge in [0.1, 0.15) is 0 Å². The summed E-state index contributed by atoms with van der Waals surface area (Å²) >= 11 is 0. The molecule has 110 valence electrons. The number of nitrogens with one attached hydrogen (secondary N) is 2. The van der Waals surface area contributed by atoms with Crippen LogP contribution in [0.3, 0.4) is 0 Å². The molecule has 21 heavy (non-hydrogen) atoms. The highest BCUT2D eigenvalue weighted by molar-refractivity contribution is 5.56. The molecule has 2 N–H and O–H groups in total. The number of rotatable bonds is 4. The first-order chi connectivity index (χ1) is 10.0. The molecule has 0 saturated heterocycles. The molecule has 0 radical (unpaired) electrons. The van der Waals surface area contributed by atoms with Crippen LogP contribution in [0.5, 0.6) is 0 Å². The Morgan fingerprint density at radius 1 is 1.10 bits per heavy atom. The van der Waals surface area contributed by atoms with Crippen molar-refractivity contribution in [2.45, 2.75) is 25.1 Å². The summed E-state index contributed by atoms with van der Waals surface area (Å²) < 4.78 is 37.4. The highest BCUT2D eigenvalue weighted by Crippen LogP contribution is 2.30. The zero-order valence-electron chi connectivity index (χ0n) is 10.9. The quantitative estimate of drug-likeness (QED) is 0.907. The molecule has 1 aromatic heterocycles. The smallest absolute Gasteiger partial charge is 0.350 e. The predicted octanol–water partition coefficient (Wildman–Crippen LogP) is 3.21. The lowest BCUT2D eigenvalue weighted by atomic mass is 10.2. The van der Waals surface area contributed by atoms with E-state index in [1.807, 2.05) is 0 Å². The van der Waals surface area contributed by atoms with Crippen molar-refractivity contribution in [3.8, 4) is 0 Å². The first-order valence-electron chi connectivity index (χ1n) is 6.41. The zero-order chi connectivity index (χ0) is 14.9. The lowest BCUT2D eigenvalue weighted by Gasteiger charge is -2.09. The molecule has 2 aromatic rings. The van der Waals surface area contributed by atoms with E-state index in [1.165, 1.54) is 18.3 Å². The average Bonchev–Trinajstić information content (AvgIpc) is 3.23. The highest BCUT2D eigenvalue weighted by Gasteiger charge is 2.29. The SMILES string of the molecule is FC(F)(F)c1ccc(Nc2cnnc(NC3CC3)n2)cc1. The van der Waals surface area contributed by atoms with Crippen LogP contribution >= 0.6 is 0 Å². The second-order valence-electron chi connectivity index (χ2n) is 4.78. The van der Waals surface area contributed by atoms with Crippen molar-refractivity contribution in [2.24, 2.45) is 0 Å². The average molecular weight is 295 g/mol. The molecule has 3 rings (SSSR count). The van der Waals surface area contributed by atoms with Crippen LogP contribution in [0.1, 0.15) is 18.4 Å². The van der Waals surface area contributed by atoms with Gasteiger partial charge in [-0.05, 0) is 37.1 Å². The minimum Gasteiger partial charge on any atom is -0.350 e.